The number of hydrogen-bond acceptors (Lipinski definition) is 0. The average Bonchev–Trinajstić information content (AvgIpc) is 2.37. The van der Waals surface area contributed by atoms with Crippen LogP contribution in [0, 0.1) is 6.85 Å². The van der Waals surface area contributed by atoms with E-state index in [-0.39, 0.29) is 5.41 Å². The molecule has 0 atom stereocenters. The highest BCUT2D eigenvalue weighted by Crippen LogP contribution is 2.27. The summed E-state index contributed by atoms with van der Waals surface area (Å²) in [5, 5.41) is 0. The maximum absolute atomic E-state index is 7.81. The highest BCUT2D eigenvalue weighted by molar-refractivity contribution is 5.66. The molecule has 1 nitrogen and oxygen atoms in total. The van der Waals surface area contributed by atoms with Gasteiger partial charge in [-0.15, -0.1) is 0 Å². The van der Waals surface area contributed by atoms with Gasteiger partial charge in [0.1, 0.15) is 7.05 Å². The van der Waals surface area contributed by atoms with Crippen LogP contribution >= 0.6 is 0 Å². The Kier molecular flexibility index (Phi) is 2.36. The monoisotopic (exact) mass is 243 g/mol. The molecule has 0 unspecified atom stereocenters. The van der Waals surface area contributed by atoms with E-state index >= 15 is 0 Å². The molecule has 0 fully saturated rings. The van der Waals surface area contributed by atoms with Crippen LogP contribution in [0.2, 0.25) is 0 Å². The molecule has 1 aromatic carbocycles. The Balaban J connectivity index is 2.76. The van der Waals surface area contributed by atoms with Crippen LogP contribution < -0.4 is 4.57 Å². The van der Waals surface area contributed by atoms with Crippen LogP contribution in [-0.4, -0.2) is 0 Å². The van der Waals surface area contributed by atoms with E-state index in [0.717, 1.165) is 16.8 Å². The van der Waals surface area contributed by atoms with Crippen LogP contribution in [0.3, 0.4) is 0 Å². The fourth-order valence-corrected chi connectivity index (χ4v) is 2.25. The third-order valence-corrected chi connectivity index (χ3v) is 3.13. The van der Waals surface area contributed by atoms with E-state index in [2.05, 4.69) is 20.8 Å². The molecule has 0 radical (unpaired) electrons. The normalized spacial score (nSPS) is 14.8. The van der Waals surface area contributed by atoms with Gasteiger partial charge < -0.3 is 0 Å². The van der Waals surface area contributed by atoms with Crippen molar-refractivity contribution >= 4 is 0 Å². The van der Waals surface area contributed by atoms with E-state index in [1.165, 1.54) is 0 Å². The maximum atomic E-state index is 7.81. The van der Waals surface area contributed by atoms with Crippen LogP contribution in [-0.2, 0) is 12.5 Å². The maximum Gasteiger partial charge on any atom is 0.187 e. The number of pyridine rings is 1. The van der Waals surface area contributed by atoms with Crippen molar-refractivity contribution in [2.24, 2.45) is 7.05 Å². The minimum Gasteiger partial charge on any atom is -0.204 e. The van der Waals surface area contributed by atoms with Crippen LogP contribution in [0.1, 0.15) is 36.1 Å². The van der Waals surface area contributed by atoms with Crippen molar-refractivity contribution in [3.05, 3.63) is 53.9 Å². The molecule has 1 heterocycles. The van der Waals surface area contributed by atoms with E-state index in [1.54, 1.807) is 6.20 Å². The molecule has 94 valence electrons. The number of hydrogen-bond donors (Lipinski definition) is 0. The van der Waals surface area contributed by atoms with E-state index in [0.29, 0.717) is 5.56 Å². The molecule has 0 saturated heterocycles. The van der Waals surface area contributed by atoms with E-state index < -0.39 is 6.85 Å². The largest absolute Gasteiger partial charge is 0.204 e. The summed E-state index contributed by atoms with van der Waals surface area (Å²) in [5.74, 6) is 0. The first kappa shape index (κ1) is 9.32. The Morgan fingerprint density at radius 3 is 2.33 bits per heavy atom. The smallest absolute Gasteiger partial charge is 0.187 e. The SMILES string of the molecule is [2H]C([2H])([2H])c1c[n+](C)c(C(C)(C)C)cc1-c1ccccc1. The molecule has 0 aliphatic carbocycles. The lowest BCUT2D eigenvalue weighted by molar-refractivity contribution is -0.682. The summed E-state index contributed by atoms with van der Waals surface area (Å²) in [7, 11) is 1.91. The summed E-state index contributed by atoms with van der Waals surface area (Å²) in [4.78, 5) is 0. The standard InChI is InChI=1S/C17H22N/c1-13-12-18(5)16(17(2,3)4)11-15(13)14-9-7-6-8-10-14/h6-12H,1-5H3/q+1/i1D3. The van der Waals surface area contributed by atoms with Gasteiger partial charge in [-0.25, -0.2) is 4.57 Å². The summed E-state index contributed by atoms with van der Waals surface area (Å²) in [5.41, 5.74) is 3.18. The van der Waals surface area contributed by atoms with Crippen LogP contribution in [0.25, 0.3) is 11.1 Å². The van der Waals surface area contributed by atoms with Crippen molar-refractivity contribution in [2.75, 3.05) is 0 Å². The van der Waals surface area contributed by atoms with Gasteiger partial charge in [-0.3, -0.25) is 0 Å². The number of aryl methyl sites for hydroxylation is 2. The minimum absolute atomic E-state index is 0.0500. The van der Waals surface area contributed by atoms with Crippen LogP contribution in [0.15, 0.2) is 42.6 Å². The van der Waals surface area contributed by atoms with Crippen LogP contribution in [0.5, 0.6) is 0 Å². The number of rotatable bonds is 1. The first-order valence-electron chi connectivity index (χ1n) is 7.71. The minimum atomic E-state index is -2.13. The van der Waals surface area contributed by atoms with Crippen molar-refractivity contribution in [3.8, 4) is 11.1 Å². The molecule has 2 aromatic rings. The van der Waals surface area contributed by atoms with Gasteiger partial charge in [-0.05, 0) is 18.0 Å². The van der Waals surface area contributed by atoms with Crippen molar-refractivity contribution < 1.29 is 8.68 Å². The fraction of sp³-hybridized carbons (Fsp3) is 0.353. The highest BCUT2D eigenvalue weighted by Gasteiger charge is 2.25. The molecule has 0 N–H and O–H groups in total. The molecule has 0 saturated carbocycles. The van der Waals surface area contributed by atoms with Gasteiger partial charge in [0, 0.05) is 21.2 Å². The zero-order valence-corrected chi connectivity index (χ0v) is 11.5. The predicted molar refractivity (Wildman–Crippen MR) is 76.5 cm³/mol. The second-order valence-electron chi connectivity index (χ2n) is 5.71. The Morgan fingerprint density at radius 2 is 1.78 bits per heavy atom. The van der Waals surface area contributed by atoms with E-state index in [4.69, 9.17) is 4.11 Å². The van der Waals surface area contributed by atoms with Gasteiger partial charge in [0.25, 0.3) is 0 Å². The molecular formula is C17H22N+. The lowest BCUT2D eigenvalue weighted by Gasteiger charge is -2.17. The Hall–Kier alpha value is -1.63. The molecule has 0 bridgehead atoms. The van der Waals surface area contributed by atoms with Gasteiger partial charge in [0.15, 0.2) is 11.9 Å². The van der Waals surface area contributed by atoms with E-state index in [9.17, 15) is 0 Å². The van der Waals surface area contributed by atoms with Crippen LogP contribution in [0.4, 0.5) is 0 Å². The van der Waals surface area contributed by atoms with Gasteiger partial charge >= 0.3 is 0 Å². The number of benzene rings is 1. The quantitative estimate of drug-likeness (QED) is 0.671. The zero-order chi connectivity index (χ0) is 15.8. The number of aromatic nitrogens is 1. The molecule has 0 amide bonds. The summed E-state index contributed by atoms with van der Waals surface area (Å²) in [6.45, 7) is 4.27. The summed E-state index contributed by atoms with van der Waals surface area (Å²) < 4.78 is 25.3. The molecule has 1 aromatic heterocycles. The van der Waals surface area contributed by atoms with Crippen molar-refractivity contribution in [1.29, 1.82) is 0 Å². The molecule has 18 heavy (non-hydrogen) atoms. The Labute approximate surface area is 114 Å². The van der Waals surface area contributed by atoms with Crippen molar-refractivity contribution in [2.45, 2.75) is 33.0 Å². The Bertz CT molecular complexity index is 638. The second-order valence-corrected chi connectivity index (χ2v) is 5.71. The molecule has 0 aliphatic rings. The first-order valence-corrected chi connectivity index (χ1v) is 6.21. The van der Waals surface area contributed by atoms with Gasteiger partial charge in [-0.1, -0.05) is 51.1 Å². The lowest BCUT2D eigenvalue weighted by atomic mass is 9.88. The second kappa shape index (κ2) is 4.56. The molecule has 2 rings (SSSR count). The van der Waals surface area contributed by atoms with Crippen molar-refractivity contribution in [1.82, 2.24) is 0 Å². The fourth-order valence-electron chi connectivity index (χ4n) is 2.25. The van der Waals surface area contributed by atoms with Crippen molar-refractivity contribution in [3.63, 3.8) is 0 Å². The number of nitrogens with zero attached hydrogens (tertiary/aromatic N) is 1. The molecular weight excluding hydrogens is 218 g/mol. The summed E-state index contributed by atoms with van der Waals surface area (Å²) >= 11 is 0. The van der Waals surface area contributed by atoms with E-state index in [1.807, 2.05) is 48.0 Å². The molecule has 0 spiro atoms. The summed E-state index contributed by atoms with van der Waals surface area (Å²) in [6.07, 6.45) is 1.75. The molecule has 0 aliphatic heterocycles. The van der Waals surface area contributed by atoms with Gasteiger partial charge in [0.05, 0.1) is 0 Å². The third kappa shape index (κ3) is 2.45. The average molecular weight is 243 g/mol. The van der Waals surface area contributed by atoms with Gasteiger partial charge in [0.2, 0.25) is 0 Å². The molecule has 1 heteroatoms. The highest BCUT2D eigenvalue weighted by atomic mass is 14.9. The third-order valence-electron chi connectivity index (χ3n) is 3.13. The van der Waals surface area contributed by atoms with Gasteiger partial charge in [-0.2, -0.15) is 0 Å². The topological polar surface area (TPSA) is 3.88 Å². The predicted octanol–water partition coefficient (Wildman–Crippen LogP) is 3.78. The summed E-state index contributed by atoms with van der Waals surface area (Å²) in [6, 6.07) is 11.7. The zero-order valence-electron chi connectivity index (χ0n) is 14.5. The lowest BCUT2D eigenvalue weighted by Crippen LogP contribution is -2.39. The Morgan fingerprint density at radius 1 is 1.11 bits per heavy atom. The first-order chi connectivity index (χ1) is 9.60.